The molecule has 176 valence electrons. The van der Waals surface area contributed by atoms with Crippen molar-refractivity contribution in [2.45, 2.75) is 51.6 Å². The molecule has 0 aliphatic rings. The second-order valence-electron chi connectivity index (χ2n) is 7.64. The van der Waals surface area contributed by atoms with Gasteiger partial charge in [-0.05, 0) is 41.8 Å². The molecular weight excluding hydrogens is 432 g/mol. The van der Waals surface area contributed by atoms with Crippen molar-refractivity contribution in [3.05, 3.63) is 59.7 Å². The number of hydrogen-bond acceptors (Lipinski definition) is 6. The summed E-state index contributed by atoms with van der Waals surface area (Å²) in [4.78, 5) is 11.5. The van der Waals surface area contributed by atoms with Crippen molar-refractivity contribution in [2.75, 3.05) is 19.5 Å². The lowest BCUT2D eigenvalue weighted by Gasteiger charge is -2.14. The number of rotatable bonds is 15. The first-order chi connectivity index (χ1) is 15.3. The molecule has 1 unspecified atom stereocenters. The van der Waals surface area contributed by atoms with Gasteiger partial charge in [-0.2, -0.15) is 8.42 Å². The van der Waals surface area contributed by atoms with Crippen LogP contribution in [-0.4, -0.2) is 45.1 Å². The van der Waals surface area contributed by atoms with Crippen LogP contribution in [0.2, 0.25) is 0 Å². The minimum Gasteiger partial charge on any atom is -0.493 e. The van der Waals surface area contributed by atoms with Gasteiger partial charge in [0.2, 0.25) is 0 Å². The topological polar surface area (TPSA) is 99.1 Å². The van der Waals surface area contributed by atoms with Crippen LogP contribution in [0.4, 0.5) is 0 Å². The highest BCUT2D eigenvalue weighted by atomic mass is 32.2. The van der Waals surface area contributed by atoms with E-state index in [0.29, 0.717) is 31.8 Å². The fraction of sp³-hybridized carbons (Fsp3) is 0.458. The molecule has 2 rings (SSSR count). The quantitative estimate of drug-likeness (QED) is 0.311. The molecule has 0 bridgehead atoms. The number of ether oxygens (including phenoxy) is 2. The molecule has 0 fully saturated rings. The van der Waals surface area contributed by atoms with Crippen LogP contribution >= 0.6 is 0 Å². The maximum absolute atomic E-state index is 11.5. The Kier molecular flexibility index (Phi) is 10.5. The van der Waals surface area contributed by atoms with Crippen molar-refractivity contribution in [1.29, 1.82) is 0 Å². The average molecular weight is 465 g/mol. The number of hydrogen-bond donors (Lipinski definition) is 1. The predicted molar refractivity (Wildman–Crippen MR) is 123 cm³/mol. The van der Waals surface area contributed by atoms with Crippen LogP contribution in [0.5, 0.6) is 11.5 Å². The standard InChI is InChI=1S/C24H32O7S/c1-3-4-5-6-15-30-23(24(25)26)18-20-10-12-21(13-11-20)29-16-14-19-8-7-9-22(17-19)31-32(2,27)28/h7-13,17,23H,3-6,14-16,18H2,1-2H3,(H,25,26). The van der Waals surface area contributed by atoms with E-state index in [9.17, 15) is 18.3 Å². The van der Waals surface area contributed by atoms with Crippen LogP contribution in [0.3, 0.4) is 0 Å². The van der Waals surface area contributed by atoms with E-state index in [1.54, 1.807) is 30.3 Å². The van der Waals surface area contributed by atoms with Crippen molar-refractivity contribution >= 4 is 16.1 Å². The van der Waals surface area contributed by atoms with Gasteiger partial charge in [0.05, 0.1) is 12.9 Å². The maximum atomic E-state index is 11.5. The summed E-state index contributed by atoms with van der Waals surface area (Å²) in [5, 5.41) is 9.41. The Labute approximate surface area is 190 Å². The zero-order chi connectivity index (χ0) is 23.4. The average Bonchev–Trinajstić information content (AvgIpc) is 2.73. The van der Waals surface area contributed by atoms with Crippen LogP contribution in [0.25, 0.3) is 0 Å². The first kappa shape index (κ1) is 25.7. The minimum absolute atomic E-state index is 0.273. The Hall–Kier alpha value is -2.58. The second-order valence-corrected chi connectivity index (χ2v) is 9.21. The summed E-state index contributed by atoms with van der Waals surface area (Å²) >= 11 is 0. The smallest absolute Gasteiger partial charge is 0.333 e. The first-order valence-corrected chi connectivity index (χ1v) is 12.6. The summed E-state index contributed by atoms with van der Waals surface area (Å²) in [5.74, 6) is -0.0116. The highest BCUT2D eigenvalue weighted by Gasteiger charge is 2.18. The molecule has 0 saturated carbocycles. The number of unbranched alkanes of at least 4 members (excludes halogenated alkanes) is 3. The molecule has 8 heteroatoms. The maximum Gasteiger partial charge on any atom is 0.333 e. The molecule has 1 atom stereocenters. The van der Waals surface area contributed by atoms with Crippen LogP contribution in [0.15, 0.2) is 48.5 Å². The number of carboxylic acids is 1. The lowest BCUT2D eigenvalue weighted by Crippen LogP contribution is -2.26. The van der Waals surface area contributed by atoms with Crippen molar-refractivity contribution in [1.82, 2.24) is 0 Å². The van der Waals surface area contributed by atoms with Gasteiger partial charge in [-0.1, -0.05) is 50.5 Å². The van der Waals surface area contributed by atoms with Crippen molar-refractivity contribution in [2.24, 2.45) is 0 Å². The lowest BCUT2D eigenvalue weighted by atomic mass is 10.1. The molecule has 0 radical (unpaired) electrons. The summed E-state index contributed by atoms with van der Waals surface area (Å²) in [6.45, 7) is 2.98. The Morgan fingerprint density at radius 1 is 0.969 bits per heavy atom. The molecule has 0 aromatic heterocycles. The molecule has 32 heavy (non-hydrogen) atoms. The molecule has 7 nitrogen and oxygen atoms in total. The zero-order valence-corrected chi connectivity index (χ0v) is 19.5. The highest BCUT2D eigenvalue weighted by Crippen LogP contribution is 2.18. The SMILES string of the molecule is CCCCCCOC(Cc1ccc(OCCc2cccc(OS(C)(=O)=O)c2)cc1)C(=O)O. The van der Waals surface area contributed by atoms with Gasteiger partial charge in [0.25, 0.3) is 0 Å². The van der Waals surface area contributed by atoms with Crippen molar-refractivity contribution in [3.8, 4) is 11.5 Å². The summed E-state index contributed by atoms with van der Waals surface area (Å²) in [6.07, 6.45) is 5.20. The predicted octanol–water partition coefficient (Wildman–Crippen LogP) is 4.24. The third kappa shape index (κ3) is 10.2. The lowest BCUT2D eigenvalue weighted by molar-refractivity contribution is -0.150. The third-order valence-electron chi connectivity index (χ3n) is 4.74. The molecule has 0 aliphatic carbocycles. The van der Waals surface area contributed by atoms with Gasteiger partial charge in [-0.15, -0.1) is 0 Å². The molecular formula is C24H32O7S. The fourth-order valence-electron chi connectivity index (χ4n) is 3.12. The Morgan fingerprint density at radius 3 is 2.38 bits per heavy atom. The van der Waals surface area contributed by atoms with E-state index in [2.05, 4.69) is 6.92 Å². The molecule has 0 heterocycles. The van der Waals surface area contributed by atoms with Gasteiger partial charge in [0, 0.05) is 19.4 Å². The number of aliphatic carboxylic acids is 1. The number of carboxylic acid groups (broad SMARTS) is 1. The molecule has 0 amide bonds. The number of benzene rings is 2. The van der Waals surface area contributed by atoms with Crippen molar-refractivity contribution in [3.63, 3.8) is 0 Å². The summed E-state index contributed by atoms with van der Waals surface area (Å²) in [6, 6.07) is 14.1. The van der Waals surface area contributed by atoms with Crippen molar-refractivity contribution < 1.29 is 32.0 Å². The van der Waals surface area contributed by atoms with Crippen LogP contribution in [0, 0.1) is 0 Å². The van der Waals surface area contributed by atoms with E-state index in [0.717, 1.165) is 43.1 Å². The normalized spacial score (nSPS) is 12.3. The van der Waals surface area contributed by atoms with Gasteiger partial charge in [0.1, 0.15) is 11.5 Å². The van der Waals surface area contributed by atoms with E-state index < -0.39 is 22.2 Å². The molecule has 0 spiro atoms. The minimum atomic E-state index is -3.56. The largest absolute Gasteiger partial charge is 0.493 e. The van der Waals surface area contributed by atoms with E-state index in [1.165, 1.54) is 0 Å². The van der Waals surface area contributed by atoms with E-state index in [4.69, 9.17) is 13.7 Å². The van der Waals surface area contributed by atoms with Gasteiger partial charge in [-0.25, -0.2) is 4.79 Å². The third-order valence-corrected chi connectivity index (χ3v) is 5.24. The highest BCUT2D eigenvalue weighted by molar-refractivity contribution is 7.86. The van der Waals surface area contributed by atoms with Crippen LogP contribution in [0.1, 0.15) is 43.7 Å². The van der Waals surface area contributed by atoms with Gasteiger partial charge in [0.15, 0.2) is 6.10 Å². The van der Waals surface area contributed by atoms with Gasteiger partial charge >= 0.3 is 16.1 Å². The van der Waals surface area contributed by atoms with Crippen LogP contribution in [-0.2, 0) is 32.5 Å². The van der Waals surface area contributed by atoms with E-state index in [1.807, 2.05) is 18.2 Å². The molecule has 1 N–H and O–H groups in total. The molecule has 0 saturated heterocycles. The monoisotopic (exact) mass is 464 g/mol. The molecule has 2 aromatic carbocycles. The summed E-state index contributed by atoms with van der Waals surface area (Å²) in [5.41, 5.74) is 1.76. The summed E-state index contributed by atoms with van der Waals surface area (Å²) in [7, 11) is -3.56. The Balaban J connectivity index is 1.81. The van der Waals surface area contributed by atoms with Gasteiger partial charge in [-0.3, -0.25) is 0 Å². The first-order valence-electron chi connectivity index (χ1n) is 10.8. The number of carbonyl (C=O) groups is 1. The summed E-state index contributed by atoms with van der Waals surface area (Å²) < 4.78 is 38.7. The Bertz CT molecular complexity index is 939. The zero-order valence-electron chi connectivity index (χ0n) is 18.7. The second kappa shape index (κ2) is 13.1. The molecule has 2 aromatic rings. The molecule has 0 aliphatic heterocycles. The van der Waals surface area contributed by atoms with E-state index >= 15 is 0 Å². The van der Waals surface area contributed by atoms with Gasteiger partial charge < -0.3 is 18.8 Å². The van der Waals surface area contributed by atoms with Crippen LogP contribution < -0.4 is 8.92 Å². The van der Waals surface area contributed by atoms with E-state index in [-0.39, 0.29) is 5.75 Å². The fourth-order valence-corrected chi connectivity index (χ4v) is 3.58. The Morgan fingerprint density at radius 2 is 1.72 bits per heavy atom.